The highest BCUT2D eigenvalue weighted by molar-refractivity contribution is 6.31. The summed E-state index contributed by atoms with van der Waals surface area (Å²) in [7, 11) is 0. The third-order valence-corrected chi connectivity index (χ3v) is 10.2. The quantitative estimate of drug-likeness (QED) is 0.163. The molecule has 1 spiro atoms. The molecule has 1 amide bonds. The Bertz CT molecular complexity index is 1830. The predicted octanol–water partition coefficient (Wildman–Crippen LogP) is 7.74. The summed E-state index contributed by atoms with van der Waals surface area (Å²) in [6.07, 6.45) is 4.74. The van der Waals surface area contributed by atoms with Crippen molar-refractivity contribution in [2.75, 3.05) is 24.5 Å². The Morgan fingerprint density at radius 3 is 2.53 bits per heavy atom. The Labute approximate surface area is 305 Å². The van der Waals surface area contributed by atoms with Crippen molar-refractivity contribution < 1.29 is 18.7 Å². The minimum atomic E-state index is -0.538. The normalized spacial score (nSPS) is 17.9. The number of hydrogen-bond donors (Lipinski definition) is 0. The number of aromatic nitrogens is 4. The van der Waals surface area contributed by atoms with Crippen LogP contribution in [0.25, 0.3) is 0 Å². The summed E-state index contributed by atoms with van der Waals surface area (Å²) in [5, 5.41) is 8.25. The lowest BCUT2D eigenvalue weighted by atomic mass is 9.61. The third-order valence-electron chi connectivity index (χ3n) is 9.98. The zero-order valence-electron chi connectivity index (χ0n) is 30.3. The Morgan fingerprint density at radius 2 is 1.82 bits per heavy atom. The van der Waals surface area contributed by atoms with E-state index in [0.717, 1.165) is 56.9 Å². The van der Waals surface area contributed by atoms with Crippen LogP contribution in [-0.4, -0.2) is 73.7 Å². The molecule has 7 rings (SSSR count). The van der Waals surface area contributed by atoms with Gasteiger partial charge in [-0.05, 0) is 70.4 Å². The van der Waals surface area contributed by atoms with Gasteiger partial charge in [-0.15, -0.1) is 5.10 Å². The topological polar surface area (TPSA) is 96.8 Å². The van der Waals surface area contributed by atoms with Crippen LogP contribution < -0.4 is 14.4 Å². The maximum absolute atomic E-state index is 14.2. The van der Waals surface area contributed by atoms with Crippen LogP contribution in [0, 0.1) is 11.2 Å². The van der Waals surface area contributed by atoms with Crippen LogP contribution in [0.5, 0.6) is 17.5 Å². The first-order valence-corrected chi connectivity index (χ1v) is 18.3. The highest BCUT2D eigenvalue weighted by Gasteiger charge is 2.54. The fourth-order valence-electron chi connectivity index (χ4n) is 7.40. The first-order chi connectivity index (χ1) is 24.6. The summed E-state index contributed by atoms with van der Waals surface area (Å²) >= 11 is 6.46. The number of benzene rings is 2. The Kier molecular flexibility index (Phi) is 11.1. The largest absolute Gasteiger partial charge is 0.490 e. The number of amides is 1. The highest BCUT2D eigenvalue weighted by atomic mass is 35.5. The Morgan fingerprint density at radius 1 is 1.08 bits per heavy atom. The summed E-state index contributed by atoms with van der Waals surface area (Å²) in [4.78, 5) is 28.7. The molecule has 0 radical (unpaired) electrons. The molecule has 2 aromatic carbocycles. The second-order valence-corrected chi connectivity index (χ2v) is 14.2. The van der Waals surface area contributed by atoms with E-state index in [4.69, 9.17) is 26.1 Å². The molecule has 1 saturated heterocycles. The van der Waals surface area contributed by atoms with E-state index in [1.807, 2.05) is 46.9 Å². The number of carbonyl (C=O) groups excluding carboxylic acids is 1. The lowest BCUT2D eigenvalue weighted by Gasteiger charge is -2.58. The lowest BCUT2D eigenvalue weighted by Crippen LogP contribution is -2.65. The second kappa shape index (κ2) is 15.5. The van der Waals surface area contributed by atoms with Crippen LogP contribution in [0.15, 0.2) is 60.8 Å². The maximum Gasteiger partial charge on any atom is 0.343 e. The minimum absolute atomic E-state index is 0.0680. The van der Waals surface area contributed by atoms with Gasteiger partial charge in [0.15, 0.2) is 11.0 Å². The van der Waals surface area contributed by atoms with E-state index >= 15 is 0 Å². The van der Waals surface area contributed by atoms with Crippen molar-refractivity contribution in [1.29, 1.82) is 0 Å². The van der Waals surface area contributed by atoms with Crippen LogP contribution in [0.3, 0.4) is 0 Å². The fourth-order valence-corrected chi connectivity index (χ4v) is 7.60. The van der Waals surface area contributed by atoms with Gasteiger partial charge in [0.2, 0.25) is 0 Å². The van der Waals surface area contributed by atoms with Gasteiger partial charge >= 0.3 is 6.01 Å². The molecule has 1 atom stereocenters. The molecule has 270 valence electrons. The van der Waals surface area contributed by atoms with Crippen LogP contribution in [0.4, 0.5) is 10.2 Å². The standard InChI is InChI=1S/C37H41ClFN7O3.C2H6/c1-5-46(23(2)3)35(47)28-16-26(39)11-12-31(28)49-36-41-34(33(38)42-43-36)45-21-37(22-45)17-27(18-37)48-32-13-14-40-30-15-24(4)44(20-29(30)32)19-25-9-7-6-8-10-25;1-2/h6-14,16,23-24,27H,5,15,17-22H2,1-4H3;1-2H3. The molecule has 2 aromatic heterocycles. The molecule has 12 heteroatoms. The van der Waals surface area contributed by atoms with Crippen molar-refractivity contribution in [3.63, 3.8) is 0 Å². The fraction of sp³-hybridized carbons (Fsp3) is 0.462. The summed E-state index contributed by atoms with van der Waals surface area (Å²) < 4.78 is 26.8. The van der Waals surface area contributed by atoms with Crippen molar-refractivity contribution in [2.24, 2.45) is 5.41 Å². The number of rotatable bonds is 10. The molecule has 4 heterocycles. The van der Waals surface area contributed by atoms with Crippen LogP contribution in [0.1, 0.15) is 81.6 Å². The minimum Gasteiger partial charge on any atom is -0.490 e. The van der Waals surface area contributed by atoms with Gasteiger partial charge < -0.3 is 19.3 Å². The van der Waals surface area contributed by atoms with Gasteiger partial charge in [-0.25, -0.2) is 4.39 Å². The van der Waals surface area contributed by atoms with E-state index in [2.05, 4.69) is 62.2 Å². The Balaban J connectivity index is 0.00000220. The number of nitrogens with zero attached hydrogens (tertiary/aromatic N) is 7. The molecule has 1 unspecified atom stereocenters. The van der Waals surface area contributed by atoms with Crippen LogP contribution in [-0.2, 0) is 19.5 Å². The molecular formula is C39H47ClFN7O3. The second-order valence-electron chi connectivity index (χ2n) is 13.8. The molecule has 1 saturated carbocycles. The molecule has 1 aliphatic carbocycles. The molecule has 3 aliphatic rings. The smallest absolute Gasteiger partial charge is 0.343 e. The van der Waals surface area contributed by atoms with E-state index in [1.165, 1.54) is 29.3 Å². The van der Waals surface area contributed by atoms with Crippen LogP contribution in [0.2, 0.25) is 5.15 Å². The number of hydrogen-bond acceptors (Lipinski definition) is 9. The van der Waals surface area contributed by atoms with Gasteiger partial charge in [-0.2, -0.15) is 4.98 Å². The SMILES string of the molecule is CC.CCN(C(=O)c1cc(F)ccc1Oc1nnc(Cl)c(N2CC3(CC(Oc4ccnc5c4CN(Cc4ccccc4)C(C)C5)C3)C2)n1)C(C)C. The predicted molar refractivity (Wildman–Crippen MR) is 196 cm³/mol. The van der Waals surface area contributed by atoms with Crippen molar-refractivity contribution >= 4 is 23.3 Å². The van der Waals surface area contributed by atoms with Gasteiger partial charge in [0.05, 0.1) is 11.3 Å². The zero-order chi connectivity index (χ0) is 36.3. The van der Waals surface area contributed by atoms with E-state index in [1.54, 1.807) is 4.90 Å². The van der Waals surface area contributed by atoms with E-state index in [9.17, 15) is 9.18 Å². The molecular weight excluding hydrogens is 669 g/mol. The first-order valence-electron chi connectivity index (χ1n) is 18.0. The van der Waals surface area contributed by atoms with Crippen molar-refractivity contribution in [3.8, 4) is 17.5 Å². The molecule has 51 heavy (non-hydrogen) atoms. The van der Waals surface area contributed by atoms with Crippen molar-refractivity contribution in [3.05, 3.63) is 94.1 Å². The zero-order valence-corrected chi connectivity index (χ0v) is 31.0. The molecule has 2 aliphatic heterocycles. The first kappa shape index (κ1) is 36.4. The summed E-state index contributed by atoms with van der Waals surface area (Å²) in [5.41, 5.74) is 3.82. The molecule has 0 N–H and O–H groups in total. The lowest BCUT2D eigenvalue weighted by molar-refractivity contribution is -0.0353. The van der Waals surface area contributed by atoms with E-state index < -0.39 is 5.82 Å². The molecule has 0 bridgehead atoms. The van der Waals surface area contributed by atoms with E-state index in [0.29, 0.717) is 18.4 Å². The monoisotopic (exact) mass is 715 g/mol. The van der Waals surface area contributed by atoms with Gasteiger partial charge in [0.1, 0.15) is 23.4 Å². The highest BCUT2D eigenvalue weighted by Crippen LogP contribution is 2.51. The molecule has 4 aromatic rings. The van der Waals surface area contributed by atoms with Gasteiger partial charge in [0, 0.05) is 68.4 Å². The van der Waals surface area contributed by atoms with Gasteiger partial charge in [-0.1, -0.05) is 60.9 Å². The number of fused-ring (bicyclic) bond motifs is 1. The number of carbonyl (C=O) groups is 1. The number of halogens is 2. The summed E-state index contributed by atoms with van der Waals surface area (Å²) in [6, 6.07) is 16.7. The number of ether oxygens (including phenoxy) is 2. The average molecular weight is 716 g/mol. The number of anilines is 1. The third kappa shape index (κ3) is 7.79. The number of pyridine rings is 1. The molecule has 10 nitrogen and oxygen atoms in total. The maximum atomic E-state index is 14.2. The van der Waals surface area contributed by atoms with Gasteiger partial charge in [-0.3, -0.25) is 14.7 Å². The van der Waals surface area contributed by atoms with E-state index in [-0.39, 0.29) is 45.9 Å². The molecule has 2 fully saturated rings. The van der Waals surface area contributed by atoms with Crippen molar-refractivity contribution in [1.82, 2.24) is 30.0 Å². The Hall–Kier alpha value is -4.35. The van der Waals surface area contributed by atoms with Crippen molar-refractivity contribution in [2.45, 2.75) is 92.1 Å². The summed E-state index contributed by atoms with van der Waals surface area (Å²) in [6.45, 7) is 15.6. The average Bonchev–Trinajstić information content (AvgIpc) is 3.09. The van der Waals surface area contributed by atoms with Crippen LogP contribution >= 0.6 is 11.6 Å². The van der Waals surface area contributed by atoms with Gasteiger partial charge in [0.25, 0.3) is 5.91 Å². The summed E-state index contributed by atoms with van der Waals surface area (Å²) in [5.74, 6) is 0.667.